The maximum atomic E-state index is 5.38. The number of aryl methyl sites for hydroxylation is 1. The zero-order valence-electron chi connectivity index (χ0n) is 26.0. The molecule has 5 aromatic carbocycles. The summed E-state index contributed by atoms with van der Waals surface area (Å²) in [6, 6.07) is 41.2. The number of amidine groups is 1. The van der Waals surface area contributed by atoms with Crippen molar-refractivity contribution in [1.82, 2.24) is 15.6 Å². The lowest BCUT2D eigenvalue weighted by atomic mass is 9.93. The van der Waals surface area contributed by atoms with Gasteiger partial charge in [-0.15, -0.1) is 0 Å². The van der Waals surface area contributed by atoms with Gasteiger partial charge in [0.15, 0.2) is 0 Å². The lowest BCUT2D eigenvalue weighted by Gasteiger charge is -2.25. The minimum Gasteiger partial charge on any atom is -0.384 e. The van der Waals surface area contributed by atoms with Crippen molar-refractivity contribution >= 4 is 38.7 Å². The first-order valence-corrected chi connectivity index (χ1v) is 15.8. The smallest absolute Gasteiger partial charge is 0.133 e. The summed E-state index contributed by atoms with van der Waals surface area (Å²) in [5.74, 6) is 0.850. The van der Waals surface area contributed by atoms with Crippen molar-refractivity contribution in [2.75, 3.05) is 6.54 Å². The van der Waals surface area contributed by atoms with Gasteiger partial charge >= 0.3 is 0 Å². The average Bonchev–Trinajstić information content (AvgIpc) is 3.11. The van der Waals surface area contributed by atoms with Crippen LogP contribution in [0.3, 0.4) is 0 Å². The number of aromatic nitrogens is 1. The molecule has 1 unspecified atom stereocenters. The van der Waals surface area contributed by atoms with Gasteiger partial charge in [-0.25, -0.2) is 0 Å². The van der Waals surface area contributed by atoms with Crippen LogP contribution in [0.25, 0.3) is 43.9 Å². The molecule has 0 radical (unpaired) electrons. The van der Waals surface area contributed by atoms with Crippen LogP contribution in [0.4, 0.5) is 0 Å². The summed E-state index contributed by atoms with van der Waals surface area (Å²) < 4.78 is 0. The van der Waals surface area contributed by atoms with Crippen molar-refractivity contribution in [2.24, 2.45) is 4.99 Å². The van der Waals surface area contributed by atoms with Crippen molar-refractivity contribution in [3.63, 3.8) is 0 Å². The number of allylic oxidation sites excluding steroid dienone is 3. The molecule has 6 aromatic rings. The quantitative estimate of drug-likeness (QED) is 0.209. The second-order valence-corrected chi connectivity index (χ2v) is 12.2. The first kappa shape index (κ1) is 27.8. The molecule has 0 saturated carbocycles. The first-order chi connectivity index (χ1) is 22.6. The molecule has 1 atom stereocenters. The molecular weight excluding hydrogens is 560 g/mol. The third kappa shape index (κ3) is 5.50. The van der Waals surface area contributed by atoms with Crippen LogP contribution in [0.5, 0.6) is 0 Å². The number of benzene rings is 5. The highest BCUT2D eigenvalue weighted by molar-refractivity contribution is 6.06. The van der Waals surface area contributed by atoms with Crippen LogP contribution in [0.15, 0.2) is 150 Å². The topological polar surface area (TPSA) is 49.3 Å². The Morgan fingerprint density at radius 2 is 1.30 bits per heavy atom. The molecule has 0 bridgehead atoms. The average molecular weight is 595 g/mol. The molecule has 0 amide bonds. The van der Waals surface area contributed by atoms with E-state index in [2.05, 4.69) is 156 Å². The lowest BCUT2D eigenvalue weighted by Crippen LogP contribution is -2.28. The monoisotopic (exact) mass is 594 g/mol. The van der Waals surface area contributed by atoms with E-state index in [1.807, 2.05) is 13.1 Å². The number of pyridine rings is 1. The fraction of sp³-hybridized carbons (Fsp3) is 0.0952. The predicted octanol–water partition coefficient (Wildman–Crippen LogP) is 9.39. The number of nitrogens with one attached hydrogen (secondary N) is 2. The molecule has 0 aliphatic carbocycles. The Kier molecular flexibility index (Phi) is 7.03. The summed E-state index contributed by atoms with van der Waals surface area (Å²) >= 11 is 0. The molecule has 0 saturated heterocycles. The van der Waals surface area contributed by atoms with E-state index in [0.29, 0.717) is 0 Å². The second kappa shape index (κ2) is 11.6. The van der Waals surface area contributed by atoms with Crippen LogP contribution in [-0.4, -0.2) is 17.4 Å². The van der Waals surface area contributed by atoms with Gasteiger partial charge in [-0.05, 0) is 112 Å². The number of hydrogen-bond donors (Lipinski definition) is 2. The van der Waals surface area contributed by atoms with E-state index in [1.54, 1.807) is 0 Å². The fourth-order valence-electron chi connectivity index (χ4n) is 6.30. The Morgan fingerprint density at radius 1 is 0.609 bits per heavy atom. The summed E-state index contributed by atoms with van der Waals surface area (Å²) in [6.45, 7) is 4.90. The molecule has 0 spiro atoms. The van der Waals surface area contributed by atoms with Gasteiger partial charge in [0.25, 0.3) is 0 Å². The van der Waals surface area contributed by atoms with Crippen molar-refractivity contribution in [2.45, 2.75) is 19.9 Å². The fourth-order valence-corrected chi connectivity index (χ4v) is 6.30. The van der Waals surface area contributed by atoms with Crippen molar-refractivity contribution in [1.29, 1.82) is 0 Å². The Morgan fingerprint density at radius 3 is 2.04 bits per heavy atom. The largest absolute Gasteiger partial charge is 0.384 e. The van der Waals surface area contributed by atoms with Crippen LogP contribution < -0.4 is 10.6 Å². The zero-order valence-corrected chi connectivity index (χ0v) is 26.0. The highest BCUT2D eigenvalue weighted by atomic mass is 15.0. The Labute approximate surface area is 269 Å². The van der Waals surface area contributed by atoms with E-state index in [1.165, 1.54) is 32.8 Å². The molecule has 2 aliphatic rings. The Hall–Kier alpha value is -5.74. The standard InChI is InChI=1S/C42H34N4/c1-27-11-13-35(25-43-27)37-21-38(36-14-12-28(2)44-26-36)23-39(22-37)42-45-40(33-17-15-29-7-3-5-9-31(29)19-33)24-41(46-42)34-18-16-30-8-4-6-10-32(30)20-34/h3-25,40,44H,26H2,1-2H3,(H,45,46). The van der Waals surface area contributed by atoms with E-state index in [0.717, 1.165) is 57.2 Å². The number of nitrogens with zero attached hydrogens (tertiary/aromatic N) is 2. The van der Waals surface area contributed by atoms with Crippen LogP contribution >= 0.6 is 0 Å². The Bertz CT molecular complexity index is 2250. The van der Waals surface area contributed by atoms with Gasteiger partial charge in [0.2, 0.25) is 0 Å². The predicted molar refractivity (Wildman–Crippen MR) is 192 cm³/mol. The molecule has 1 aromatic heterocycles. The minimum absolute atomic E-state index is 0.156. The summed E-state index contributed by atoms with van der Waals surface area (Å²) in [5, 5.41) is 12.2. The van der Waals surface area contributed by atoms with Gasteiger partial charge in [-0.1, -0.05) is 84.9 Å². The minimum atomic E-state index is -0.156. The third-order valence-corrected chi connectivity index (χ3v) is 8.94. The maximum Gasteiger partial charge on any atom is 0.133 e. The van der Waals surface area contributed by atoms with E-state index in [9.17, 15) is 0 Å². The van der Waals surface area contributed by atoms with Crippen LogP contribution in [0.2, 0.25) is 0 Å². The summed E-state index contributed by atoms with van der Waals surface area (Å²) in [7, 11) is 0. The van der Waals surface area contributed by atoms with Gasteiger partial charge < -0.3 is 10.6 Å². The van der Waals surface area contributed by atoms with Crippen LogP contribution in [-0.2, 0) is 0 Å². The summed E-state index contributed by atoms with van der Waals surface area (Å²) in [5.41, 5.74) is 11.2. The van der Waals surface area contributed by atoms with Crippen molar-refractivity contribution in [3.8, 4) is 11.1 Å². The molecule has 46 heavy (non-hydrogen) atoms. The van der Waals surface area contributed by atoms with E-state index in [-0.39, 0.29) is 6.04 Å². The van der Waals surface area contributed by atoms with E-state index < -0.39 is 0 Å². The van der Waals surface area contributed by atoms with Crippen LogP contribution in [0, 0.1) is 6.92 Å². The molecule has 4 heteroatoms. The third-order valence-electron chi connectivity index (χ3n) is 8.94. The molecule has 3 heterocycles. The molecule has 8 rings (SSSR count). The zero-order chi connectivity index (χ0) is 31.0. The van der Waals surface area contributed by atoms with Gasteiger partial charge in [-0.3, -0.25) is 9.98 Å². The lowest BCUT2D eigenvalue weighted by molar-refractivity contribution is 0.882. The second-order valence-electron chi connectivity index (χ2n) is 12.2. The number of aliphatic imine (C=N–C) groups is 1. The summed E-state index contributed by atoms with van der Waals surface area (Å²) in [4.78, 5) is 9.99. The molecule has 4 nitrogen and oxygen atoms in total. The summed E-state index contributed by atoms with van der Waals surface area (Å²) in [6.07, 6.45) is 8.58. The Balaban J connectivity index is 1.28. The SMILES string of the molecule is CC1=CC=C(c2cc(C3=NC(c4ccc5ccccc5c4)C=C(c4ccc5ccccc5c4)N3)cc(-c3ccc(C)nc3)c2)CN1. The molecule has 2 N–H and O–H groups in total. The van der Waals surface area contributed by atoms with Gasteiger partial charge in [-0.2, -0.15) is 0 Å². The van der Waals surface area contributed by atoms with E-state index >= 15 is 0 Å². The molecule has 222 valence electrons. The first-order valence-electron chi connectivity index (χ1n) is 15.8. The van der Waals surface area contributed by atoms with Crippen LogP contribution in [0.1, 0.15) is 40.9 Å². The number of dihydropyridines is 1. The number of hydrogen-bond acceptors (Lipinski definition) is 4. The number of fused-ring (bicyclic) bond motifs is 2. The van der Waals surface area contributed by atoms with Gasteiger partial charge in [0.1, 0.15) is 5.84 Å². The van der Waals surface area contributed by atoms with Gasteiger partial charge in [0.05, 0.1) is 6.04 Å². The normalized spacial score (nSPS) is 16.2. The highest BCUT2D eigenvalue weighted by Gasteiger charge is 2.21. The molecule has 2 aliphatic heterocycles. The molecular formula is C42H34N4. The van der Waals surface area contributed by atoms with Gasteiger partial charge in [0, 0.05) is 41.0 Å². The number of rotatable bonds is 5. The van der Waals surface area contributed by atoms with E-state index in [4.69, 9.17) is 4.99 Å². The highest BCUT2D eigenvalue weighted by Crippen LogP contribution is 2.33. The maximum absolute atomic E-state index is 5.38. The van der Waals surface area contributed by atoms with Crippen molar-refractivity contribution in [3.05, 3.63) is 173 Å². The molecule has 0 fully saturated rings. The van der Waals surface area contributed by atoms with Crippen molar-refractivity contribution < 1.29 is 0 Å².